The zero-order chi connectivity index (χ0) is 17.5. The van der Waals surface area contributed by atoms with Gasteiger partial charge < -0.3 is 19.9 Å². The lowest BCUT2D eigenvalue weighted by atomic mass is 10.1. The highest BCUT2D eigenvalue weighted by atomic mass is 16.5. The van der Waals surface area contributed by atoms with Crippen LogP contribution in [0.1, 0.15) is 36.5 Å². The lowest BCUT2D eigenvalue weighted by molar-refractivity contribution is -0.116. The van der Waals surface area contributed by atoms with Gasteiger partial charge in [-0.3, -0.25) is 9.59 Å². The molecular formula is C18H27N3O3. The maximum Gasteiger partial charge on any atom is 0.254 e. The number of likely N-dealkylation sites (N-methyl/N-ethyl adjacent to an activating group) is 1. The van der Waals surface area contributed by atoms with Crippen molar-refractivity contribution in [2.45, 2.75) is 26.2 Å². The van der Waals surface area contributed by atoms with E-state index in [4.69, 9.17) is 4.74 Å². The number of anilines is 1. The Kier molecular flexibility index (Phi) is 6.61. The highest BCUT2D eigenvalue weighted by molar-refractivity contribution is 5.98. The summed E-state index contributed by atoms with van der Waals surface area (Å²) in [6.07, 6.45) is 2.27. The van der Waals surface area contributed by atoms with Crippen LogP contribution in [0.25, 0.3) is 0 Å². The molecule has 0 atom stereocenters. The van der Waals surface area contributed by atoms with Crippen LogP contribution in [0.5, 0.6) is 5.75 Å². The zero-order valence-corrected chi connectivity index (χ0v) is 14.8. The van der Waals surface area contributed by atoms with Gasteiger partial charge in [0, 0.05) is 38.2 Å². The molecule has 1 aromatic rings. The second-order valence-corrected chi connectivity index (χ2v) is 6.16. The van der Waals surface area contributed by atoms with Crippen molar-refractivity contribution in [1.29, 1.82) is 0 Å². The van der Waals surface area contributed by atoms with E-state index in [1.807, 2.05) is 11.8 Å². The molecule has 0 radical (unpaired) electrons. The highest BCUT2D eigenvalue weighted by Crippen LogP contribution is 2.26. The Labute approximate surface area is 143 Å². The van der Waals surface area contributed by atoms with Crippen LogP contribution < -0.4 is 10.1 Å². The van der Waals surface area contributed by atoms with Crippen molar-refractivity contribution in [2.75, 3.05) is 45.7 Å². The molecule has 2 rings (SSSR count). The van der Waals surface area contributed by atoms with Gasteiger partial charge in [0.15, 0.2) is 0 Å². The molecule has 1 aliphatic rings. The van der Waals surface area contributed by atoms with Crippen molar-refractivity contribution in [2.24, 2.45) is 0 Å². The van der Waals surface area contributed by atoms with Crippen LogP contribution in [0.3, 0.4) is 0 Å². The standard InChI is InChI=1S/C18H27N3O3/c1-4-5-6-17(22)19-15-13-14(7-8-16(15)24-3)18(23)21-11-9-20(2)10-12-21/h7-8,13H,4-6,9-12H2,1-3H3,(H,19,22). The molecule has 6 heteroatoms. The van der Waals surface area contributed by atoms with Crippen molar-refractivity contribution in [1.82, 2.24) is 9.80 Å². The second kappa shape index (κ2) is 8.68. The first-order valence-corrected chi connectivity index (χ1v) is 8.51. The fourth-order valence-electron chi connectivity index (χ4n) is 2.68. The van der Waals surface area contributed by atoms with Crippen LogP contribution in [0.2, 0.25) is 0 Å². The van der Waals surface area contributed by atoms with Gasteiger partial charge in [0.25, 0.3) is 5.91 Å². The minimum Gasteiger partial charge on any atom is -0.495 e. The first-order chi connectivity index (χ1) is 11.5. The summed E-state index contributed by atoms with van der Waals surface area (Å²) in [6.45, 7) is 5.24. The predicted molar refractivity (Wildman–Crippen MR) is 94.5 cm³/mol. The van der Waals surface area contributed by atoms with E-state index in [1.165, 1.54) is 0 Å². The van der Waals surface area contributed by atoms with Crippen molar-refractivity contribution in [3.8, 4) is 5.75 Å². The summed E-state index contributed by atoms with van der Waals surface area (Å²) in [4.78, 5) is 28.7. The summed E-state index contributed by atoms with van der Waals surface area (Å²) in [5.74, 6) is 0.504. The Morgan fingerprint density at radius 2 is 1.92 bits per heavy atom. The minimum absolute atomic E-state index is 0.00481. The van der Waals surface area contributed by atoms with Gasteiger partial charge in [0.2, 0.25) is 5.91 Å². The van der Waals surface area contributed by atoms with Crippen molar-refractivity contribution >= 4 is 17.5 Å². The van der Waals surface area contributed by atoms with Gasteiger partial charge in [-0.1, -0.05) is 13.3 Å². The molecule has 0 saturated carbocycles. The summed E-state index contributed by atoms with van der Waals surface area (Å²) in [5.41, 5.74) is 1.13. The summed E-state index contributed by atoms with van der Waals surface area (Å²) in [7, 11) is 3.61. The number of amides is 2. The number of carbonyl (C=O) groups excluding carboxylic acids is 2. The molecule has 0 spiro atoms. The van der Waals surface area contributed by atoms with E-state index in [1.54, 1.807) is 25.3 Å². The van der Waals surface area contributed by atoms with Crippen molar-refractivity contribution in [3.63, 3.8) is 0 Å². The van der Waals surface area contributed by atoms with Gasteiger partial charge in [-0.05, 0) is 31.7 Å². The third-order valence-electron chi connectivity index (χ3n) is 4.27. The van der Waals surface area contributed by atoms with Crippen LogP contribution in [0.4, 0.5) is 5.69 Å². The summed E-state index contributed by atoms with van der Waals surface area (Å²) >= 11 is 0. The van der Waals surface area contributed by atoms with E-state index in [9.17, 15) is 9.59 Å². The SMILES string of the molecule is CCCCC(=O)Nc1cc(C(=O)N2CCN(C)CC2)ccc1OC. The molecule has 0 bridgehead atoms. The third kappa shape index (κ3) is 4.71. The summed E-state index contributed by atoms with van der Waals surface area (Å²) in [5, 5.41) is 2.86. The largest absolute Gasteiger partial charge is 0.495 e. The summed E-state index contributed by atoms with van der Waals surface area (Å²) < 4.78 is 5.30. The first-order valence-electron chi connectivity index (χ1n) is 8.51. The zero-order valence-electron chi connectivity index (χ0n) is 14.8. The van der Waals surface area contributed by atoms with Gasteiger partial charge in [-0.15, -0.1) is 0 Å². The molecule has 0 unspecified atom stereocenters. The number of methoxy groups -OCH3 is 1. The fraction of sp³-hybridized carbons (Fsp3) is 0.556. The number of ether oxygens (including phenoxy) is 1. The predicted octanol–water partition coefficient (Wildman–Crippen LogP) is 2.21. The van der Waals surface area contributed by atoms with Gasteiger partial charge in [0.1, 0.15) is 5.75 Å². The van der Waals surface area contributed by atoms with E-state index in [2.05, 4.69) is 17.3 Å². The van der Waals surface area contributed by atoms with E-state index < -0.39 is 0 Å². The number of carbonyl (C=O) groups is 2. The Balaban J connectivity index is 2.12. The average molecular weight is 333 g/mol. The molecule has 1 aliphatic heterocycles. The summed E-state index contributed by atoms with van der Waals surface area (Å²) in [6, 6.07) is 5.20. The van der Waals surface area contributed by atoms with E-state index in [-0.39, 0.29) is 11.8 Å². The number of rotatable bonds is 6. The average Bonchev–Trinajstić information content (AvgIpc) is 2.60. The Morgan fingerprint density at radius 1 is 1.21 bits per heavy atom. The number of hydrogen-bond donors (Lipinski definition) is 1. The molecule has 1 N–H and O–H groups in total. The number of nitrogens with one attached hydrogen (secondary N) is 1. The quantitative estimate of drug-likeness (QED) is 0.867. The molecule has 0 aromatic heterocycles. The molecule has 6 nitrogen and oxygen atoms in total. The molecular weight excluding hydrogens is 306 g/mol. The van der Waals surface area contributed by atoms with Crippen LogP contribution in [0.15, 0.2) is 18.2 Å². The molecule has 1 fully saturated rings. The van der Waals surface area contributed by atoms with Gasteiger partial charge in [-0.2, -0.15) is 0 Å². The van der Waals surface area contributed by atoms with E-state index >= 15 is 0 Å². The maximum atomic E-state index is 12.7. The van der Waals surface area contributed by atoms with Crippen molar-refractivity contribution in [3.05, 3.63) is 23.8 Å². The molecule has 24 heavy (non-hydrogen) atoms. The maximum absolute atomic E-state index is 12.7. The molecule has 0 aliphatic carbocycles. The van der Waals surface area contributed by atoms with Crippen molar-refractivity contribution < 1.29 is 14.3 Å². The number of unbranched alkanes of at least 4 members (excludes halogenated alkanes) is 1. The second-order valence-electron chi connectivity index (χ2n) is 6.16. The molecule has 1 saturated heterocycles. The van der Waals surface area contributed by atoms with E-state index in [0.29, 0.717) is 23.4 Å². The lowest BCUT2D eigenvalue weighted by Gasteiger charge is -2.32. The lowest BCUT2D eigenvalue weighted by Crippen LogP contribution is -2.47. The first kappa shape index (κ1) is 18.3. The molecule has 1 heterocycles. The Bertz CT molecular complexity index is 581. The fourth-order valence-corrected chi connectivity index (χ4v) is 2.68. The number of nitrogens with zero attached hydrogens (tertiary/aromatic N) is 2. The normalized spacial score (nSPS) is 15.2. The van der Waals surface area contributed by atoms with Crippen LogP contribution >= 0.6 is 0 Å². The van der Waals surface area contributed by atoms with Crippen LogP contribution in [-0.4, -0.2) is 62.0 Å². The van der Waals surface area contributed by atoms with Gasteiger partial charge >= 0.3 is 0 Å². The van der Waals surface area contributed by atoms with Gasteiger partial charge in [-0.25, -0.2) is 0 Å². The van der Waals surface area contributed by atoms with Crippen LogP contribution in [0, 0.1) is 0 Å². The molecule has 2 amide bonds. The Hall–Kier alpha value is -2.08. The number of benzene rings is 1. The topological polar surface area (TPSA) is 61.9 Å². The number of hydrogen-bond acceptors (Lipinski definition) is 4. The Morgan fingerprint density at radius 3 is 2.54 bits per heavy atom. The van der Waals surface area contributed by atoms with Gasteiger partial charge in [0.05, 0.1) is 12.8 Å². The number of piperazine rings is 1. The third-order valence-corrected chi connectivity index (χ3v) is 4.27. The highest BCUT2D eigenvalue weighted by Gasteiger charge is 2.21. The smallest absolute Gasteiger partial charge is 0.254 e. The molecule has 1 aromatic carbocycles. The molecule has 132 valence electrons. The minimum atomic E-state index is -0.0562. The van der Waals surface area contributed by atoms with Crippen LogP contribution in [-0.2, 0) is 4.79 Å². The monoisotopic (exact) mass is 333 g/mol. The van der Waals surface area contributed by atoms with E-state index in [0.717, 1.165) is 39.0 Å².